The minimum atomic E-state index is -1.66. The number of carboxylic acid groups (broad SMARTS) is 1. The molecule has 0 atom stereocenters. The molecule has 0 bridgehead atoms. The molecule has 0 unspecified atom stereocenters. The average Bonchev–Trinajstić information content (AvgIpc) is 2.12. The number of esters is 1. The minimum Gasteiger partial charge on any atom is -0.480 e. The number of aliphatic carboxylic acids is 1. The van der Waals surface area contributed by atoms with Crippen LogP contribution in [0.4, 0.5) is 4.79 Å². The number of nitrogens with zero attached hydrogens (tertiary/aromatic N) is 1. The highest BCUT2D eigenvalue weighted by Crippen LogP contribution is 2.33. The Morgan fingerprint density at radius 2 is 1.79 bits per heavy atom. The van der Waals surface area contributed by atoms with Crippen molar-refractivity contribution in [3.8, 4) is 0 Å². The topological polar surface area (TPSA) is 93.1 Å². The third-order valence-corrected chi connectivity index (χ3v) is 2.65. The molecule has 1 fully saturated rings. The van der Waals surface area contributed by atoms with Gasteiger partial charge in [-0.2, -0.15) is 0 Å². The number of hydrogen-bond donors (Lipinski definition) is 1. The van der Waals surface area contributed by atoms with Crippen LogP contribution in [0, 0.1) is 5.41 Å². The fourth-order valence-electron chi connectivity index (χ4n) is 1.68. The summed E-state index contributed by atoms with van der Waals surface area (Å²) in [5, 5.41) is 9.13. The van der Waals surface area contributed by atoms with Gasteiger partial charge in [0.05, 0.1) is 19.7 Å². The van der Waals surface area contributed by atoms with Crippen LogP contribution in [0.3, 0.4) is 0 Å². The van der Waals surface area contributed by atoms with Crippen molar-refractivity contribution in [2.24, 2.45) is 5.41 Å². The van der Waals surface area contributed by atoms with E-state index in [1.54, 1.807) is 27.7 Å². The first-order chi connectivity index (χ1) is 8.62. The predicted octanol–water partition coefficient (Wildman–Crippen LogP) is 0.871. The zero-order valence-corrected chi connectivity index (χ0v) is 11.6. The van der Waals surface area contributed by atoms with Gasteiger partial charge < -0.3 is 19.5 Å². The van der Waals surface area contributed by atoms with Crippen molar-refractivity contribution >= 4 is 18.0 Å². The van der Waals surface area contributed by atoms with Gasteiger partial charge in [-0.15, -0.1) is 0 Å². The number of carbonyl (C=O) groups excluding carboxylic acids is 2. The SMILES string of the molecule is CCOC(=O)C1(C(=O)O)CN(C(=O)OC(C)(C)C)C1. The van der Waals surface area contributed by atoms with Gasteiger partial charge in [0, 0.05) is 0 Å². The first-order valence-corrected chi connectivity index (χ1v) is 6.01. The Balaban J connectivity index is 2.68. The van der Waals surface area contributed by atoms with Crippen molar-refractivity contribution in [2.45, 2.75) is 33.3 Å². The third kappa shape index (κ3) is 3.15. The van der Waals surface area contributed by atoms with Gasteiger partial charge in [0.25, 0.3) is 0 Å². The van der Waals surface area contributed by atoms with E-state index in [1.165, 1.54) is 4.90 Å². The van der Waals surface area contributed by atoms with Crippen LogP contribution in [0.25, 0.3) is 0 Å². The van der Waals surface area contributed by atoms with Gasteiger partial charge in [0.15, 0.2) is 5.41 Å². The summed E-state index contributed by atoms with van der Waals surface area (Å²) in [6, 6.07) is 0. The van der Waals surface area contributed by atoms with Crippen LogP contribution in [0.15, 0.2) is 0 Å². The van der Waals surface area contributed by atoms with E-state index in [4.69, 9.17) is 14.6 Å². The maximum atomic E-state index is 11.7. The molecule has 1 saturated heterocycles. The van der Waals surface area contributed by atoms with E-state index in [0.29, 0.717) is 0 Å². The van der Waals surface area contributed by atoms with Crippen LogP contribution in [-0.2, 0) is 19.1 Å². The smallest absolute Gasteiger partial charge is 0.410 e. The molecule has 7 heteroatoms. The summed E-state index contributed by atoms with van der Waals surface area (Å²) in [5.41, 5.74) is -2.32. The fraction of sp³-hybridized carbons (Fsp3) is 0.750. The first-order valence-electron chi connectivity index (χ1n) is 6.01. The standard InChI is InChI=1S/C12H19NO6/c1-5-18-9(16)12(8(14)15)6-13(7-12)10(17)19-11(2,3)4/h5-7H2,1-4H3,(H,14,15). The van der Waals surface area contributed by atoms with Crippen LogP contribution < -0.4 is 0 Å². The monoisotopic (exact) mass is 273 g/mol. The molecule has 1 N–H and O–H groups in total. The Kier molecular flexibility index (Phi) is 4.07. The molecule has 1 aliphatic heterocycles. The lowest BCUT2D eigenvalue weighted by molar-refractivity contribution is -0.180. The van der Waals surface area contributed by atoms with Crippen molar-refractivity contribution in [1.29, 1.82) is 0 Å². The average molecular weight is 273 g/mol. The van der Waals surface area contributed by atoms with Crippen molar-refractivity contribution in [3.63, 3.8) is 0 Å². The molecule has 0 aromatic heterocycles. The number of carbonyl (C=O) groups is 3. The summed E-state index contributed by atoms with van der Waals surface area (Å²) in [6.07, 6.45) is -0.631. The second-order valence-corrected chi connectivity index (χ2v) is 5.44. The number of amides is 1. The molecule has 1 aliphatic rings. The van der Waals surface area contributed by atoms with E-state index in [2.05, 4.69) is 0 Å². The van der Waals surface area contributed by atoms with Gasteiger partial charge in [-0.1, -0.05) is 0 Å². The Morgan fingerprint density at radius 3 is 2.16 bits per heavy atom. The summed E-state index contributed by atoms with van der Waals surface area (Å²) >= 11 is 0. The summed E-state index contributed by atoms with van der Waals surface area (Å²) in [4.78, 5) is 35.7. The van der Waals surface area contributed by atoms with Crippen molar-refractivity contribution in [3.05, 3.63) is 0 Å². The molecule has 0 aliphatic carbocycles. The highest BCUT2D eigenvalue weighted by molar-refractivity contribution is 6.02. The molecule has 108 valence electrons. The number of ether oxygens (including phenoxy) is 2. The largest absolute Gasteiger partial charge is 0.480 e. The molecule has 1 heterocycles. The van der Waals surface area contributed by atoms with E-state index in [0.717, 1.165) is 0 Å². The molecule has 0 spiro atoms. The molecular formula is C12H19NO6. The van der Waals surface area contributed by atoms with Crippen molar-refractivity contribution < 1.29 is 29.0 Å². The summed E-state index contributed by atoms with van der Waals surface area (Å²) < 4.78 is 9.84. The maximum Gasteiger partial charge on any atom is 0.410 e. The molecule has 19 heavy (non-hydrogen) atoms. The van der Waals surface area contributed by atoms with Gasteiger partial charge in [-0.05, 0) is 27.7 Å². The van der Waals surface area contributed by atoms with E-state index in [1.807, 2.05) is 0 Å². The van der Waals surface area contributed by atoms with Gasteiger partial charge >= 0.3 is 18.0 Å². The van der Waals surface area contributed by atoms with E-state index in [9.17, 15) is 14.4 Å². The Bertz CT molecular complexity index is 392. The first kappa shape index (κ1) is 15.3. The van der Waals surface area contributed by atoms with Crippen molar-refractivity contribution in [2.75, 3.05) is 19.7 Å². The molecule has 0 aromatic carbocycles. The van der Waals surface area contributed by atoms with Gasteiger partial charge in [0.1, 0.15) is 5.60 Å². The number of hydrogen-bond acceptors (Lipinski definition) is 5. The molecular weight excluding hydrogens is 254 g/mol. The maximum absolute atomic E-state index is 11.7. The molecule has 0 aromatic rings. The number of rotatable bonds is 3. The van der Waals surface area contributed by atoms with Crippen LogP contribution in [0.1, 0.15) is 27.7 Å². The van der Waals surface area contributed by atoms with Crippen LogP contribution in [-0.4, -0.2) is 53.3 Å². The highest BCUT2D eigenvalue weighted by Gasteiger charge is 2.59. The molecule has 0 radical (unpaired) electrons. The second-order valence-electron chi connectivity index (χ2n) is 5.44. The van der Waals surface area contributed by atoms with Gasteiger partial charge in [-0.3, -0.25) is 9.59 Å². The highest BCUT2D eigenvalue weighted by atomic mass is 16.6. The number of carboxylic acids is 1. The summed E-state index contributed by atoms with van der Waals surface area (Å²) in [5.74, 6) is -2.10. The van der Waals surface area contributed by atoms with E-state index >= 15 is 0 Å². The normalized spacial score (nSPS) is 17.4. The predicted molar refractivity (Wildman–Crippen MR) is 64.5 cm³/mol. The second kappa shape index (κ2) is 5.07. The van der Waals surface area contributed by atoms with E-state index in [-0.39, 0.29) is 19.7 Å². The Hall–Kier alpha value is -1.79. The molecule has 0 saturated carbocycles. The van der Waals surface area contributed by atoms with Crippen LogP contribution in [0.2, 0.25) is 0 Å². The lowest BCUT2D eigenvalue weighted by Crippen LogP contribution is -2.66. The van der Waals surface area contributed by atoms with Gasteiger partial charge in [-0.25, -0.2) is 4.79 Å². The lowest BCUT2D eigenvalue weighted by Gasteiger charge is -2.44. The quantitative estimate of drug-likeness (QED) is 0.606. The van der Waals surface area contributed by atoms with Crippen molar-refractivity contribution in [1.82, 2.24) is 4.90 Å². The summed E-state index contributed by atoms with van der Waals surface area (Å²) in [7, 11) is 0. The molecule has 7 nitrogen and oxygen atoms in total. The van der Waals surface area contributed by atoms with Gasteiger partial charge in [0.2, 0.25) is 0 Å². The summed E-state index contributed by atoms with van der Waals surface area (Å²) in [6.45, 7) is 6.37. The molecule has 1 rings (SSSR count). The van der Waals surface area contributed by atoms with E-state index < -0.39 is 29.0 Å². The third-order valence-electron chi connectivity index (χ3n) is 2.65. The zero-order valence-electron chi connectivity index (χ0n) is 11.6. The number of likely N-dealkylation sites (tertiary alicyclic amines) is 1. The lowest BCUT2D eigenvalue weighted by atomic mass is 9.80. The fourth-order valence-corrected chi connectivity index (χ4v) is 1.68. The van der Waals surface area contributed by atoms with Crippen LogP contribution >= 0.6 is 0 Å². The minimum absolute atomic E-state index is 0.0975. The Labute approximate surface area is 111 Å². The molecule has 1 amide bonds. The Morgan fingerprint density at radius 1 is 1.26 bits per heavy atom. The van der Waals surface area contributed by atoms with Crippen LogP contribution in [0.5, 0.6) is 0 Å². The zero-order chi connectivity index (χ0) is 14.8.